The number of H-pyrrole nitrogens is 1. The molecule has 1 atom stereocenters. The zero-order valence-corrected chi connectivity index (χ0v) is 10.2. The predicted molar refractivity (Wildman–Crippen MR) is 69.4 cm³/mol. The standard InChI is InChI=1S/C14H15N3O/c1-2-9-8-16-14(18)11-7-12(17-13(9)11)10-3-5-15-6-4-10/h3-7,9,17H,2,8H2,1H3,(H,16,18)/t9-/m1/s1. The number of hydrogen-bond acceptors (Lipinski definition) is 2. The Balaban J connectivity index is 2.08. The van der Waals surface area contributed by atoms with Crippen molar-refractivity contribution in [2.45, 2.75) is 19.3 Å². The van der Waals surface area contributed by atoms with E-state index < -0.39 is 0 Å². The molecule has 2 aromatic heterocycles. The first-order valence-electron chi connectivity index (χ1n) is 6.21. The zero-order chi connectivity index (χ0) is 12.5. The highest BCUT2D eigenvalue weighted by Crippen LogP contribution is 2.30. The third-order valence-corrected chi connectivity index (χ3v) is 3.49. The van der Waals surface area contributed by atoms with Crippen LogP contribution in [0.4, 0.5) is 0 Å². The van der Waals surface area contributed by atoms with Crippen LogP contribution in [0.3, 0.4) is 0 Å². The largest absolute Gasteiger partial charge is 0.357 e. The van der Waals surface area contributed by atoms with Crippen LogP contribution in [0.2, 0.25) is 0 Å². The predicted octanol–water partition coefficient (Wildman–Crippen LogP) is 2.31. The third kappa shape index (κ3) is 1.70. The molecule has 0 aromatic carbocycles. The highest BCUT2D eigenvalue weighted by molar-refractivity contribution is 5.98. The summed E-state index contributed by atoms with van der Waals surface area (Å²) in [5.74, 6) is 0.402. The fourth-order valence-electron chi connectivity index (χ4n) is 2.43. The van der Waals surface area contributed by atoms with E-state index in [0.717, 1.165) is 35.5 Å². The van der Waals surface area contributed by atoms with Gasteiger partial charge in [0.25, 0.3) is 5.91 Å². The highest BCUT2D eigenvalue weighted by atomic mass is 16.1. The van der Waals surface area contributed by atoms with Crippen molar-refractivity contribution in [2.24, 2.45) is 0 Å². The van der Waals surface area contributed by atoms with Gasteiger partial charge in [-0.15, -0.1) is 0 Å². The van der Waals surface area contributed by atoms with Crippen LogP contribution in [0.15, 0.2) is 30.6 Å². The summed E-state index contributed by atoms with van der Waals surface area (Å²) in [6, 6.07) is 5.81. The molecule has 1 aliphatic heterocycles. The Hall–Kier alpha value is -2.10. The SMILES string of the molecule is CC[C@@H]1CNC(=O)c2cc(-c3ccncc3)[nH]c21. The number of amides is 1. The molecular formula is C14H15N3O. The third-order valence-electron chi connectivity index (χ3n) is 3.49. The average molecular weight is 241 g/mol. The summed E-state index contributed by atoms with van der Waals surface area (Å²) in [6.45, 7) is 2.86. The van der Waals surface area contributed by atoms with Crippen molar-refractivity contribution in [1.82, 2.24) is 15.3 Å². The molecule has 0 bridgehead atoms. The topological polar surface area (TPSA) is 57.8 Å². The van der Waals surface area contributed by atoms with Crippen LogP contribution in [0, 0.1) is 0 Å². The van der Waals surface area contributed by atoms with E-state index in [4.69, 9.17) is 0 Å². The number of pyridine rings is 1. The summed E-state index contributed by atoms with van der Waals surface area (Å²) in [4.78, 5) is 19.2. The van der Waals surface area contributed by atoms with Crippen LogP contribution in [0.25, 0.3) is 11.3 Å². The van der Waals surface area contributed by atoms with Gasteiger partial charge in [0, 0.05) is 41.8 Å². The number of nitrogens with zero attached hydrogens (tertiary/aromatic N) is 1. The molecule has 2 N–H and O–H groups in total. The zero-order valence-electron chi connectivity index (χ0n) is 10.2. The van der Waals surface area contributed by atoms with Crippen molar-refractivity contribution in [3.05, 3.63) is 41.9 Å². The lowest BCUT2D eigenvalue weighted by atomic mass is 9.95. The summed E-state index contributed by atoms with van der Waals surface area (Å²) in [5.41, 5.74) is 3.88. The first-order valence-corrected chi connectivity index (χ1v) is 6.21. The number of aromatic nitrogens is 2. The van der Waals surface area contributed by atoms with Crippen molar-refractivity contribution in [2.75, 3.05) is 6.54 Å². The Morgan fingerprint density at radius 2 is 2.17 bits per heavy atom. The molecule has 4 heteroatoms. The first kappa shape index (κ1) is 11.0. The lowest BCUT2D eigenvalue weighted by molar-refractivity contribution is 0.0939. The number of carbonyl (C=O) groups excluding carboxylic acids is 1. The number of aromatic amines is 1. The van der Waals surface area contributed by atoms with Gasteiger partial charge >= 0.3 is 0 Å². The fraction of sp³-hybridized carbons (Fsp3) is 0.286. The van der Waals surface area contributed by atoms with Crippen LogP contribution >= 0.6 is 0 Å². The second kappa shape index (κ2) is 4.29. The van der Waals surface area contributed by atoms with Gasteiger partial charge in [-0.2, -0.15) is 0 Å². The quantitative estimate of drug-likeness (QED) is 0.847. The molecule has 3 heterocycles. The Morgan fingerprint density at radius 3 is 2.89 bits per heavy atom. The average Bonchev–Trinajstić information content (AvgIpc) is 2.86. The van der Waals surface area contributed by atoms with Crippen molar-refractivity contribution < 1.29 is 4.79 Å². The van der Waals surface area contributed by atoms with Gasteiger partial charge in [-0.1, -0.05) is 6.92 Å². The van der Waals surface area contributed by atoms with Crippen LogP contribution in [-0.4, -0.2) is 22.4 Å². The van der Waals surface area contributed by atoms with E-state index in [1.54, 1.807) is 12.4 Å². The second-order valence-corrected chi connectivity index (χ2v) is 4.56. The van der Waals surface area contributed by atoms with E-state index in [2.05, 4.69) is 22.2 Å². The maximum atomic E-state index is 11.8. The molecule has 1 amide bonds. The maximum Gasteiger partial charge on any atom is 0.253 e. The van der Waals surface area contributed by atoms with Crippen LogP contribution < -0.4 is 5.32 Å². The van der Waals surface area contributed by atoms with Crippen molar-refractivity contribution >= 4 is 5.91 Å². The van der Waals surface area contributed by atoms with E-state index in [1.807, 2.05) is 18.2 Å². The number of carbonyl (C=O) groups is 1. The molecule has 0 saturated carbocycles. The molecule has 3 rings (SSSR count). The van der Waals surface area contributed by atoms with Gasteiger partial charge in [-0.25, -0.2) is 0 Å². The van der Waals surface area contributed by atoms with E-state index in [-0.39, 0.29) is 5.91 Å². The number of hydrogen-bond donors (Lipinski definition) is 2. The summed E-state index contributed by atoms with van der Waals surface area (Å²) < 4.78 is 0. The van der Waals surface area contributed by atoms with Gasteiger partial charge < -0.3 is 10.3 Å². The number of fused-ring (bicyclic) bond motifs is 1. The minimum absolute atomic E-state index is 0.0197. The number of nitrogens with one attached hydrogen (secondary N) is 2. The molecule has 0 unspecified atom stereocenters. The second-order valence-electron chi connectivity index (χ2n) is 4.56. The van der Waals surface area contributed by atoms with Crippen molar-refractivity contribution in [3.8, 4) is 11.3 Å². The molecule has 2 aromatic rings. The molecule has 0 saturated heterocycles. The van der Waals surface area contributed by atoms with E-state index >= 15 is 0 Å². The molecule has 0 aliphatic carbocycles. The Kier molecular flexibility index (Phi) is 2.63. The Labute approximate surface area is 105 Å². The molecule has 0 spiro atoms. The lowest BCUT2D eigenvalue weighted by Gasteiger charge is -2.21. The summed E-state index contributed by atoms with van der Waals surface area (Å²) in [6.07, 6.45) is 4.53. The van der Waals surface area contributed by atoms with Crippen molar-refractivity contribution in [3.63, 3.8) is 0 Å². The van der Waals surface area contributed by atoms with Crippen LogP contribution in [0.1, 0.15) is 35.3 Å². The molecule has 18 heavy (non-hydrogen) atoms. The van der Waals surface area contributed by atoms with Gasteiger partial charge in [0.2, 0.25) is 0 Å². The molecular weight excluding hydrogens is 226 g/mol. The maximum absolute atomic E-state index is 11.8. The normalized spacial score (nSPS) is 18.3. The lowest BCUT2D eigenvalue weighted by Crippen LogP contribution is -2.34. The van der Waals surface area contributed by atoms with Crippen LogP contribution in [0.5, 0.6) is 0 Å². The molecule has 4 nitrogen and oxygen atoms in total. The summed E-state index contributed by atoms with van der Waals surface area (Å²) >= 11 is 0. The molecule has 1 aliphatic rings. The summed E-state index contributed by atoms with van der Waals surface area (Å²) in [7, 11) is 0. The van der Waals surface area contributed by atoms with Gasteiger partial charge in [-0.05, 0) is 24.6 Å². The Morgan fingerprint density at radius 1 is 1.39 bits per heavy atom. The Bertz CT molecular complexity index is 574. The van der Waals surface area contributed by atoms with Gasteiger partial charge in [0.1, 0.15) is 0 Å². The summed E-state index contributed by atoms with van der Waals surface area (Å²) in [5, 5.41) is 2.93. The minimum atomic E-state index is 0.0197. The highest BCUT2D eigenvalue weighted by Gasteiger charge is 2.26. The van der Waals surface area contributed by atoms with E-state index in [0.29, 0.717) is 5.92 Å². The molecule has 92 valence electrons. The van der Waals surface area contributed by atoms with Gasteiger partial charge in [0.15, 0.2) is 0 Å². The monoisotopic (exact) mass is 241 g/mol. The minimum Gasteiger partial charge on any atom is -0.357 e. The number of rotatable bonds is 2. The van der Waals surface area contributed by atoms with Crippen LogP contribution in [-0.2, 0) is 0 Å². The van der Waals surface area contributed by atoms with Gasteiger partial charge in [-0.3, -0.25) is 9.78 Å². The van der Waals surface area contributed by atoms with Gasteiger partial charge in [0.05, 0.1) is 5.56 Å². The molecule has 0 fully saturated rings. The first-order chi connectivity index (χ1) is 8.79. The fourth-order valence-corrected chi connectivity index (χ4v) is 2.43. The van der Waals surface area contributed by atoms with E-state index in [9.17, 15) is 4.79 Å². The van der Waals surface area contributed by atoms with Crippen molar-refractivity contribution in [1.29, 1.82) is 0 Å². The molecule has 0 radical (unpaired) electrons. The van der Waals surface area contributed by atoms with E-state index in [1.165, 1.54) is 0 Å². The smallest absolute Gasteiger partial charge is 0.253 e.